The molecule has 0 unspecified atom stereocenters. The second-order valence-corrected chi connectivity index (χ2v) is 4.89. The number of hydrogen-bond donors (Lipinski definition) is 2. The van der Waals surface area contributed by atoms with Crippen molar-refractivity contribution in [1.82, 2.24) is 10.3 Å². The molecule has 0 aromatic carbocycles. The lowest BCUT2D eigenvalue weighted by Crippen LogP contribution is -2.27. The molecule has 2 aromatic rings. The summed E-state index contributed by atoms with van der Waals surface area (Å²) in [5.41, 5.74) is 1.51. The number of hydrogen-bond acceptors (Lipinski definition) is 3. The first-order valence-corrected chi connectivity index (χ1v) is 8.39. The van der Waals surface area contributed by atoms with Crippen molar-refractivity contribution in [2.45, 2.75) is 34.1 Å². The lowest BCUT2D eigenvalue weighted by Gasteiger charge is -2.05. The number of nitrogens with one attached hydrogen (secondary N) is 2. The number of carbonyl (C=O) groups is 1. The van der Waals surface area contributed by atoms with Crippen LogP contribution in [0.25, 0.3) is 10.2 Å². The van der Waals surface area contributed by atoms with Crippen LogP contribution < -0.4 is 10.7 Å². The highest BCUT2D eigenvalue weighted by molar-refractivity contribution is 7.17. The summed E-state index contributed by atoms with van der Waals surface area (Å²) >= 11 is 1.34. The van der Waals surface area contributed by atoms with Gasteiger partial charge >= 0.3 is 0 Å². The summed E-state index contributed by atoms with van der Waals surface area (Å²) in [5.74, 6) is -0.360. The molecule has 0 atom stereocenters. The summed E-state index contributed by atoms with van der Waals surface area (Å²) < 4.78 is 0.584. The third-order valence-corrected chi connectivity index (χ3v) is 3.69. The van der Waals surface area contributed by atoms with Gasteiger partial charge in [-0.15, -0.1) is 11.3 Å². The fourth-order valence-electron chi connectivity index (χ4n) is 1.86. The van der Waals surface area contributed by atoms with Crippen LogP contribution in [0.2, 0.25) is 0 Å². The number of amides is 1. The average molecular weight is 318 g/mol. The molecule has 0 spiro atoms. The van der Waals surface area contributed by atoms with E-state index in [0.29, 0.717) is 11.1 Å². The van der Waals surface area contributed by atoms with Crippen molar-refractivity contribution in [3.05, 3.63) is 57.4 Å². The molecule has 1 amide bonds. The molecule has 1 aliphatic rings. The number of H-pyrrole nitrogens is 1. The monoisotopic (exact) mass is 318 g/mol. The van der Waals surface area contributed by atoms with Crippen LogP contribution in [0.5, 0.6) is 0 Å². The highest BCUT2D eigenvalue weighted by Crippen LogP contribution is 2.15. The normalized spacial score (nSPS) is 11.9. The van der Waals surface area contributed by atoms with Gasteiger partial charge in [-0.1, -0.05) is 39.8 Å². The van der Waals surface area contributed by atoms with Gasteiger partial charge in [-0.25, -0.2) is 0 Å². The summed E-state index contributed by atoms with van der Waals surface area (Å²) in [4.78, 5) is 27.1. The van der Waals surface area contributed by atoms with E-state index >= 15 is 0 Å². The Balaban J connectivity index is 0.000000561. The van der Waals surface area contributed by atoms with Gasteiger partial charge in [0.15, 0.2) is 0 Å². The molecule has 2 N–H and O–H groups in total. The third kappa shape index (κ3) is 3.95. The molecule has 0 saturated carbocycles. The number of aromatic amines is 1. The minimum absolute atomic E-state index is 0.151. The van der Waals surface area contributed by atoms with Crippen molar-refractivity contribution in [2.24, 2.45) is 0 Å². The first-order chi connectivity index (χ1) is 10.8. The zero-order valence-electron chi connectivity index (χ0n) is 13.4. The summed E-state index contributed by atoms with van der Waals surface area (Å²) in [6, 6.07) is 1.83. The van der Waals surface area contributed by atoms with Gasteiger partial charge in [-0.2, -0.15) is 0 Å². The summed E-state index contributed by atoms with van der Waals surface area (Å²) in [6.07, 6.45) is 7.82. The van der Waals surface area contributed by atoms with Gasteiger partial charge in [0.25, 0.3) is 5.91 Å². The number of fused-ring (bicyclic) bond motifs is 1. The Morgan fingerprint density at radius 2 is 2.00 bits per heavy atom. The van der Waals surface area contributed by atoms with E-state index in [-0.39, 0.29) is 16.9 Å². The molecule has 0 aliphatic heterocycles. The number of thiophene rings is 1. The van der Waals surface area contributed by atoms with E-state index < -0.39 is 0 Å². The minimum Gasteiger partial charge on any atom is -0.359 e. The maximum absolute atomic E-state index is 12.1. The smallest absolute Gasteiger partial charge is 0.260 e. The fraction of sp³-hybridized carbons (Fsp3) is 0.294. The third-order valence-electron chi connectivity index (χ3n) is 2.78. The molecule has 0 radical (unpaired) electrons. The van der Waals surface area contributed by atoms with Crippen LogP contribution in [0.3, 0.4) is 0 Å². The molecule has 1 aliphatic carbocycles. The molecule has 5 heteroatoms. The predicted octanol–water partition coefficient (Wildman–Crippen LogP) is 4.22. The van der Waals surface area contributed by atoms with Gasteiger partial charge < -0.3 is 10.3 Å². The van der Waals surface area contributed by atoms with Crippen molar-refractivity contribution in [2.75, 3.05) is 0 Å². The molecule has 22 heavy (non-hydrogen) atoms. The molecule has 4 nitrogen and oxygen atoms in total. The van der Waals surface area contributed by atoms with E-state index in [1.807, 2.05) is 57.4 Å². The van der Waals surface area contributed by atoms with Crippen molar-refractivity contribution in [1.29, 1.82) is 0 Å². The second-order valence-electron chi connectivity index (χ2n) is 3.97. The molecule has 0 saturated heterocycles. The van der Waals surface area contributed by atoms with Crippen LogP contribution in [0.1, 0.15) is 44.5 Å². The fourth-order valence-corrected chi connectivity index (χ4v) is 2.67. The quantitative estimate of drug-likeness (QED) is 0.871. The van der Waals surface area contributed by atoms with Gasteiger partial charge in [-0.05, 0) is 17.5 Å². The van der Waals surface area contributed by atoms with E-state index in [4.69, 9.17) is 0 Å². The highest BCUT2D eigenvalue weighted by atomic mass is 32.1. The maximum Gasteiger partial charge on any atom is 0.260 e. The molecule has 0 fully saturated rings. The Bertz CT molecular complexity index is 738. The number of allylic oxidation sites excluding steroid dienone is 3. The highest BCUT2D eigenvalue weighted by Gasteiger charge is 2.14. The van der Waals surface area contributed by atoms with E-state index in [9.17, 15) is 9.59 Å². The van der Waals surface area contributed by atoms with Crippen molar-refractivity contribution in [3.63, 3.8) is 0 Å². The molecular formula is C17H22N2O2S. The van der Waals surface area contributed by atoms with Crippen LogP contribution in [0, 0.1) is 0 Å². The lowest BCUT2D eigenvalue weighted by molar-refractivity contribution is 0.0964. The molecule has 118 valence electrons. The standard InChI is InChI=1S/C13H10N2O2S.2C2H6/c16-11-9(7-14-10-5-6-18-12(10)11)13(17)15-8-3-1-2-4-8;2*1-2/h1-3,5-7H,4H2,(H,14,16)(H,15,17);2*1-2H3. The number of pyridine rings is 1. The Kier molecular flexibility index (Phi) is 7.32. The van der Waals surface area contributed by atoms with Gasteiger partial charge in [0, 0.05) is 18.3 Å². The largest absolute Gasteiger partial charge is 0.359 e. The van der Waals surface area contributed by atoms with Crippen molar-refractivity contribution < 1.29 is 4.79 Å². The molecule has 3 rings (SSSR count). The van der Waals surface area contributed by atoms with Crippen LogP contribution in [-0.2, 0) is 0 Å². The van der Waals surface area contributed by atoms with Crippen LogP contribution in [0.15, 0.2) is 46.4 Å². The first-order valence-electron chi connectivity index (χ1n) is 7.51. The van der Waals surface area contributed by atoms with Crippen LogP contribution in [-0.4, -0.2) is 10.9 Å². The Labute approximate surface area is 134 Å². The van der Waals surface area contributed by atoms with Gasteiger partial charge in [0.05, 0.1) is 10.2 Å². The first kappa shape index (κ1) is 17.9. The van der Waals surface area contributed by atoms with E-state index in [0.717, 1.165) is 11.2 Å². The predicted molar refractivity (Wildman–Crippen MR) is 94.4 cm³/mol. The van der Waals surface area contributed by atoms with Gasteiger partial charge in [0.2, 0.25) is 5.43 Å². The van der Waals surface area contributed by atoms with Crippen molar-refractivity contribution in [3.8, 4) is 0 Å². The summed E-state index contributed by atoms with van der Waals surface area (Å²) in [7, 11) is 0. The van der Waals surface area contributed by atoms with Gasteiger partial charge in [-0.3, -0.25) is 9.59 Å². The maximum atomic E-state index is 12.1. The average Bonchev–Trinajstić information content (AvgIpc) is 3.23. The summed E-state index contributed by atoms with van der Waals surface area (Å²) in [6.45, 7) is 8.00. The Morgan fingerprint density at radius 3 is 2.64 bits per heavy atom. The zero-order chi connectivity index (χ0) is 16.5. The van der Waals surface area contributed by atoms with E-state index in [1.54, 1.807) is 0 Å². The Hall–Kier alpha value is -2.14. The number of aromatic nitrogens is 1. The zero-order valence-corrected chi connectivity index (χ0v) is 14.2. The summed E-state index contributed by atoms with van der Waals surface area (Å²) in [5, 5.41) is 4.56. The molecule has 0 bridgehead atoms. The second kappa shape index (κ2) is 9.00. The van der Waals surface area contributed by atoms with E-state index in [1.165, 1.54) is 17.5 Å². The minimum atomic E-state index is -0.360. The van der Waals surface area contributed by atoms with Crippen LogP contribution in [0.4, 0.5) is 0 Å². The topological polar surface area (TPSA) is 62.0 Å². The van der Waals surface area contributed by atoms with E-state index in [2.05, 4.69) is 10.3 Å². The van der Waals surface area contributed by atoms with Crippen LogP contribution >= 0.6 is 11.3 Å². The molecular weight excluding hydrogens is 296 g/mol. The molecule has 2 heterocycles. The molecule has 2 aromatic heterocycles. The SMILES string of the molecule is CC.CC.O=C(NC1=CC=CC1)c1c[nH]c2ccsc2c1=O. The number of carbonyl (C=O) groups excluding carboxylic acids is 1. The van der Waals surface area contributed by atoms with Gasteiger partial charge in [0.1, 0.15) is 5.56 Å². The van der Waals surface area contributed by atoms with Crippen molar-refractivity contribution >= 4 is 27.5 Å². The lowest BCUT2D eigenvalue weighted by atomic mass is 10.2. The Morgan fingerprint density at radius 1 is 1.27 bits per heavy atom. The number of rotatable bonds is 2.